The Morgan fingerprint density at radius 2 is 2.33 bits per heavy atom. The summed E-state index contributed by atoms with van der Waals surface area (Å²) < 4.78 is 1.48. The fourth-order valence-corrected chi connectivity index (χ4v) is 2.15. The molecular formula is C10H9ClN4O2S. The van der Waals surface area contributed by atoms with E-state index in [0.717, 1.165) is 23.0 Å². The number of carbonyl (C=O) groups is 1. The largest absolute Gasteiger partial charge is 0.481 e. The van der Waals surface area contributed by atoms with Crippen LogP contribution in [0.4, 0.5) is 0 Å². The molecule has 94 valence electrons. The average molecular weight is 285 g/mol. The molecule has 0 fully saturated rings. The van der Waals surface area contributed by atoms with Crippen LogP contribution < -0.4 is 0 Å². The standard InChI is InChI=1S/C10H9ClN4O2S/c1-6-7(11)3-2-4-8(6)15-10(12-13-14-15)18-5-9(16)17/h2-4H,5H2,1H3,(H,16,17). The molecule has 6 nitrogen and oxygen atoms in total. The van der Waals surface area contributed by atoms with Gasteiger partial charge in [-0.25, -0.2) is 0 Å². The van der Waals surface area contributed by atoms with Crippen molar-refractivity contribution < 1.29 is 9.90 Å². The van der Waals surface area contributed by atoms with Gasteiger partial charge in [-0.2, -0.15) is 4.68 Å². The van der Waals surface area contributed by atoms with Gasteiger partial charge in [0, 0.05) is 5.02 Å². The molecule has 0 unspecified atom stereocenters. The van der Waals surface area contributed by atoms with Gasteiger partial charge in [0.05, 0.1) is 11.4 Å². The first-order chi connectivity index (χ1) is 8.59. The van der Waals surface area contributed by atoms with Crippen LogP contribution in [0.1, 0.15) is 5.56 Å². The van der Waals surface area contributed by atoms with Crippen LogP contribution in [0.2, 0.25) is 5.02 Å². The maximum Gasteiger partial charge on any atom is 0.313 e. The number of hydrogen-bond donors (Lipinski definition) is 1. The summed E-state index contributed by atoms with van der Waals surface area (Å²) in [6.45, 7) is 1.85. The molecule has 0 aliphatic carbocycles. The van der Waals surface area contributed by atoms with Gasteiger partial charge < -0.3 is 5.11 Å². The quantitative estimate of drug-likeness (QED) is 0.862. The third-order valence-electron chi connectivity index (χ3n) is 2.23. The van der Waals surface area contributed by atoms with Gasteiger partial charge in [-0.15, -0.1) is 5.10 Å². The topological polar surface area (TPSA) is 80.9 Å². The molecule has 1 heterocycles. The fraction of sp³-hybridized carbons (Fsp3) is 0.200. The number of aromatic nitrogens is 4. The van der Waals surface area contributed by atoms with E-state index in [2.05, 4.69) is 15.5 Å². The predicted molar refractivity (Wildman–Crippen MR) is 67.3 cm³/mol. The zero-order valence-electron chi connectivity index (χ0n) is 9.37. The molecule has 0 amide bonds. The summed E-state index contributed by atoms with van der Waals surface area (Å²) in [6.07, 6.45) is 0. The minimum atomic E-state index is -0.919. The SMILES string of the molecule is Cc1c(Cl)cccc1-n1nnnc1SCC(=O)O. The Bertz CT molecular complexity index is 587. The summed E-state index contributed by atoms with van der Waals surface area (Å²) in [6, 6.07) is 5.38. The lowest BCUT2D eigenvalue weighted by Crippen LogP contribution is -2.04. The van der Waals surface area contributed by atoms with Crippen molar-refractivity contribution in [3.8, 4) is 5.69 Å². The molecule has 0 bridgehead atoms. The zero-order valence-corrected chi connectivity index (χ0v) is 10.9. The van der Waals surface area contributed by atoms with Crippen LogP contribution in [-0.4, -0.2) is 37.0 Å². The molecule has 1 N–H and O–H groups in total. The smallest absolute Gasteiger partial charge is 0.313 e. The molecule has 0 spiro atoms. The monoisotopic (exact) mass is 284 g/mol. The summed E-state index contributed by atoms with van der Waals surface area (Å²) in [5.74, 6) is -1.02. The highest BCUT2D eigenvalue weighted by molar-refractivity contribution is 7.99. The number of nitrogens with zero attached hydrogens (tertiary/aromatic N) is 4. The summed E-state index contributed by atoms with van der Waals surface area (Å²) in [5.41, 5.74) is 1.57. The van der Waals surface area contributed by atoms with Crippen LogP contribution in [0, 0.1) is 6.92 Å². The summed E-state index contributed by atoms with van der Waals surface area (Å²) in [5, 5.41) is 20.9. The van der Waals surface area contributed by atoms with E-state index >= 15 is 0 Å². The summed E-state index contributed by atoms with van der Waals surface area (Å²) >= 11 is 7.08. The zero-order chi connectivity index (χ0) is 13.1. The lowest BCUT2D eigenvalue weighted by molar-refractivity contribution is -0.133. The van der Waals surface area contributed by atoms with Crippen molar-refractivity contribution in [1.29, 1.82) is 0 Å². The number of hydrogen-bond acceptors (Lipinski definition) is 5. The second-order valence-electron chi connectivity index (χ2n) is 3.44. The van der Waals surface area contributed by atoms with Crippen molar-refractivity contribution >= 4 is 29.3 Å². The molecule has 0 saturated carbocycles. The number of thioether (sulfide) groups is 1. The Morgan fingerprint density at radius 1 is 1.56 bits per heavy atom. The van der Waals surface area contributed by atoms with Crippen LogP contribution in [0.25, 0.3) is 5.69 Å². The molecule has 1 aromatic heterocycles. The van der Waals surface area contributed by atoms with Gasteiger partial charge in [0.25, 0.3) is 0 Å². The Kier molecular flexibility index (Phi) is 3.83. The summed E-state index contributed by atoms with van der Waals surface area (Å²) in [4.78, 5) is 10.5. The van der Waals surface area contributed by atoms with E-state index in [-0.39, 0.29) is 5.75 Å². The number of benzene rings is 1. The molecule has 1 aromatic carbocycles. The van der Waals surface area contributed by atoms with Crippen LogP contribution in [0.15, 0.2) is 23.4 Å². The number of aliphatic carboxylic acids is 1. The van der Waals surface area contributed by atoms with Crippen molar-refractivity contribution in [2.24, 2.45) is 0 Å². The number of tetrazole rings is 1. The van der Waals surface area contributed by atoms with Crippen LogP contribution in [0.3, 0.4) is 0 Å². The molecule has 0 saturated heterocycles. The van der Waals surface area contributed by atoms with E-state index in [0.29, 0.717) is 10.2 Å². The average Bonchev–Trinajstić information content (AvgIpc) is 2.78. The minimum Gasteiger partial charge on any atom is -0.481 e. The number of carboxylic acid groups (broad SMARTS) is 1. The highest BCUT2D eigenvalue weighted by atomic mass is 35.5. The third kappa shape index (κ3) is 2.62. The second-order valence-corrected chi connectivity index (χ2v) is 4.79. The second kappa shape index (κ2) is 5.36. The van der Waals surface area contributed by atoms with E-state index < -0.39 is 5.97 Å². The first-order valence-electron chi connectivity index (χ1n) is 4.98. The molecular weight excluding hydrogens is 276 g/mol. The summed E-state index contributed by atoms with van der Waals surface area (Å²) in [7, 11) is 0. The fourth-order valence-electron chi connectivity index (χ4n) is 1.37. The molecule has 18 heavy (non-hydrogen) atoms. The Hall–Kier alpha value is -1.60. The van der Waals surface area contributed by atoms with E-state index in [1.807, 2.05) is 13.0 Å². The molecule has 8 heteroatoms. The Balaban J connectivity index is 2.36. The number of carboxylic acids is 1. The number of rotatable bonds is 4. The Labute approximate surface area is 112 Å². The van der Waals surface area contributed by atoms with Gasteiger partial charge in [0.15, 0.2) is 0 Å². The van der Waals surface area contributed by atoms with Crippen LogP contribution in [-0.2, 0) is 4.79 Å². The van der Waals surface area contributed by atoms with Gasteiger partial charge in [-0.1, -0.05) is 29.4 Å². The van der Waals surface area contributed by atoms with Gasteiger partial charge in [-0.05, 0) is 35.0 Å². The lowest BCUT2D eigenvalue weighted by atomic mass is 10.2. The molecule has 2 aromatic rings. The first kappa shape index (κ1) is 12.8. The van der Waals surface area contributed by atoms with Crippen molar-refractivity contribution in [2.45, 2.75) is 12.1 Å². The van der Waals surface area contributed by atoms with E-state index in [4.69, 9.17) is 16.7 Å². The van der Waals surface area contributed by atoms with Crippen molar-refractivity contribution in [1.82, 2.24) is 20.2 Å². The minimum absolute atomic E-state index is 0.0972. The van der Waals surface area contributed by atoms with E-state index in [9.17, 15) is 4.79 Å². The molecule has 0 atom stereocenters. The van der Waals surface area contributed by atoms with Gasteiger partial charge in [0.1, 0.15) is 0 Å². The van der Waals surface area contributed by atoms with Crippen molar-refractivity contribution in [3.63, 3.8) is 0 Å². The number of halogens is 1. The first-order valence-corrected chi connectivity index (χ1v) is 6.34. The highest BCUT2D eigenvalue weighted by Crippen LogP contribution is 2.24. The van der Waals surface area contributed by atoms with Gasteiger partial charge in [-0.3, -0.25) is 4.79 Å². The molecule has 0 aliphatic heterocycles. The van der Waals surface area contributed by atoms with Crippen LogP contribution >= 0.6 is 23.4 Å². The maximum atomic E-state index is 10.5. The normalized spacial score (nSPS) is 10.6. The van der Waals surface area contributed by atoms with Gasteiger partial charge >= 0.3 is 5.97 Å². The van der Waals surface area contributed by atoms with Crippen molar-refractivity contribution in [2.75, 3.05) is 5.75 Å². The Morgan fingerprint density at radius 3 is 3.06 bits per heavy atom. The predicted octanol–water partition coefficient (Wildman–Crippen LogP) is 1.80. The highest BCUT2D eigenvalue weighted by Gasteiger charge is 2.13. The molecule has 0 aliphatic rings. The van der Waals surface area contributed by atoms with Gasteiger partial charge in [0.2, 0.25) is 5.16 Å². The lowest BCUT2D eigenvalue weighted by Gasteiger charge is -2.07. The molecule has 2 rings (SSSR count). The van der Waals surface area contributed by atoms with E-state index in [1.165, 1.54) is 4.68 Å². The van der Waals surface area contributed by atoms with E-state index in [1.54, 1.807) is 12.1 Å². The van der Waals surface area contributed by atoms with Crippen molar-refractivity contribution in [3.05, 3.63) is 28.8 Å². The third-order valence-corrected chi connectivity index (χ3v) is 3.55. The maximum absolute atomic E-state index is 10.5. The van der Waals surface area contributed by atoms with Crippen LogP contribution in [0.5, 0.6) is 0 Å². The molecule has 0 radical (unpaired) electrons.